The van der Waals surface area contributed by atoms with E-state index in [1.54, 1.807) is 6.07 Å². The number of aromatic nitrogens is 1. The number of para-hydroxylation sites is 2. The highest BCUT2D eigenvalue weighted by atomic mass is 16.5. The molecule has 4 rings (SSSR count). The number of oxazole rings is 1. The molecule has 1 saturated heterocycles. The number of rotatable bonds is 7. The normalized spacial score (nSPS) is 19.5. The Labute approximate surface area is 181 Å². The van der Waals surface area contributed by atoms with E-state index in [0.29, 0.717) is 17.6 Å². The van der Waals surface area contributed by atoms with Gasteiger partial charge in [0.1, 0.15) is 0 Å². The molecular weight excluding hydrogens is 394 g/mol. The van der Waals surface area contributed by atoms with Crippen molar-refractivity contribution in [2.45, 2.75) is 52.1 Å². The third kappa shape index (κ3) is 5.42. The molecule has 0 spiro atoms. The van der Waals surface area contributed by atoms with Crippen LogP contribution in [0.1, 0.15) is 31.4 Å². The molecule has 0 saturated carbocycles. The summed E-state index contributed by atoms with van der Waals surface area (Å²) in [6, 6.07) is 15.6. The summed E-state index contributed by atoms with van der Waals surface area (Å²) in [6.45, 7) is 7.76. The molecule has 164 valence electrons. The number of morpholine rings is 1. The third-order valence-electron chi connectivity index (χ3n) is 5.55. The summed E-state index contributed by atoms with van der Waals surface area (Å²) in [7, 11) is 0. The largest absolute Gasteiger partial charge is 0.419 e. The number of hydrogen-bond donors (Lipinski definition) is 1. The quantitative estimate of drug-likeness (QED) is 0.632. The van der Waals surface area contributed by atoms with Crippen molar-refractivity contribution in [1.82, 2.24) is 14.8 Å². The zero-order valence-corrected chi connectivity index (χ0v) is 18.0. The van der Waals surface area contributed by atoms with E-state index in [1.807, 2.05) is 18.2 Å². The zero-order chi connectivity index (χ0) is 21.8. The lowest BCUT2D eigenvalue weighted by Crippen LogP contribution is -2.44. The smallest absolute Gasteiger partial charge is 0.408 e. The van der Waals surface area contributed by atoms with Gasteiger partial charge in [0, 0.05) is 39.1 Å². The number of nitrogens with zero attached hydrogens (tertiary/aromatic N) is 2. The van der Waals surface area contributed by atoms with Gasteiger partial charge in [-0.3, -0.25) is 14.3 Å². The lowest BCUT2D eigenvalue weighted by Gasteiger charge is -2.35. The van der Waals surface area contributed by atoms with Crippen LogP contribution < -0.4 is 11.1 Å². The van der Waals surface area contributed by atoms with E-state index >= 15 is 0 Å². The van der Waals surface area contributed by atoms with Gasteiger partial charge < -0.3 is 14.5 Å². The molecule has 3 aromatic rings. The number of nitrogens with one attached hydrogen (secondary N) is 1. The highest BCUT2D eigenvalue weighted by molar-refractivity contribution is 5.76. The van der Waals surface area contributed by atoms with Crippen molar-refractivity contribution in [3.63, 3.8) is 0 Å². The van der Waals surface area contributed by atoms with Crippen molar-refractivity contribution in [2.24, 2.45) is 0 Å². The topological polar surface area (TPSA) is 76.7 Å². The predicted molar refractivity (Wildman–Crippen MR) is 119 cm³/mol. The molecule has 0 bridgehead atoms. The number of aryl methyl sites for hydroxylation is 1. The van der Waals surface area contributed by atoms with Gasteiger partial charge in [0.05, 0.1) is 17.7 Å². The Hall–Kier alpha value is -2.90. The molecule has 0 radical (unpaired) electrons. The van der Waals surface area contributed by atoms with Crippen molar-refractivity contribution in [3.8, 4) is 0 Å². The van der Waals surface area contributed by atoms with E-state index in [-0.39, 0.29) is 31.1 Å². The Morgan fingerprint density at radius 3 is 2.45 bits per heavy atom. The number of fused-ring (bicyclic) bond motifs is 1. The number of ether oxygens (including phenoxy) is 1. The van der Waals surface area contributed by atoms with Gasteiger partial charge in [0.25, 0.3) is 0 Å². The molecule has 1 fully saturated rings. The molecule has 2 heterocycles. The first-order valence-electron chi connectivity index (χ1n) is 10.8. The molecule has 0 aliphatic carbocycles. The van der Waals surface area contributed by atoms with Gasteiger partial charge in [-0.2, -0.15) is 0 Å². The second-order valence-electron chi connectivity index (χ2n) is 8.28. The summed E-state index contributed by atoms with van der Waals surface area (Å²) < 4.78 is 12.5. The molecule has 1 N–H and O–H groups in total. The van der Waals surface area contributed by atoms with E-state index < -0.39 is 5.76 Å². The Morgan fingerprint density at radius 2 is 1.71 bits per heavy atom. The first-order valence-corrected chi connectivity index (χ1v) is 10.8. The van der Waals surface area contributed by atoms with Crippen LogP contribution in [0.4, 0.5) is 0 Å². The minimum atomic E-state index is -0.436. The van der Waals surface area contributed by atoms with Gasteiger partial charge in [0.15, 0.2) is 5.58 Å². The number of carbonyl (C=O) groups excluding carboxylic acids is 1. The summed E-state index contributed by atoms with van der Waals surface area (Å²) in [4.78, 5) is 26.7. The average molecular weight is 424 g/mol. The van der Waals surface area contributed by atoms with Gasteiger partial charge in [-0.1, -0.05) is 36.4 Å². The van der Waals surface area contributed by atoms with Crippen LogP contribution in [0.3, 0.4) is 0 Å². The van der Waals surface area contributed by atoms with E-state index in [0.717, 1.165) is 25.2 Å². The third-order valence-corrected chi connectivity index (χ3v) is 5.55. The SMILES string of the molecule is CC1CN(Cc2ccc(CNC(=O)CCn3c(=O)oc4ccccc43)cc2)CC(C)O1. The van der Waals surface area contributed by atoms with Gasteiger partial charge >= 0.3 is 5.76 Å². The van der Waals surface area contributed by atoms with Gasteiger partial charge in [-0.25, -0.2) is 4.79 Å². The fourth-order valence-corrected chi connectivity index (χ4v) is 4.16. The summed E-state index contributed by atoms with van der Waals surface area (Å²) in [6.07, 6.45) is 0.734. The Balaban J connectivity index is 1.26. The average Bonchev–Trinajstić information content (AvgIpc) is 3.06. The maximum Gasteiger partial charge on any atom is 0.419 e. The lowest BCUT2D eigenvalue weighted by atomic mass is 10.1. The summed E-state index contributed by atoms with van der Waals surface area (Å²) >= 11 is 0. The maximum absolute atomic E-state index is 12.3. The van der Waals surface area contributed by atoms with Crippen LogP contribution in [-0.4, -0.2) is 40.7 Å². The Bertz CT molecular complexity index is 1080. The van der Waals surface area contributed by atoms with E-state index in [1.165, 1.54) is 10.1 Å². The van der Waals surface area contributed by atoms with Crippen molar-refractivity contribution in [1.29, 1.82) is 0 Å². The molecule has 2 atom stereocenters. The first-order chi connectivity index (χ1) is 15.0. The maximum atomic E-state index is 12.3. The minimum Gasteiger partial charge on any atom is -0.408 e. The second-order valence-corrected chi connectivity index (χ2v) is 8.28. The second kappa shape index (κ2) is 9.49. The predicted octanol–water partition coefficient (Wildman–Crippen LogP) is 2.91. The van der Waals surface area contributed by atoms with Crippen LogP contribution in [0.2, 0.25) is 0 Å². The zero-order valence-electron chi connectivity index (χ0n) is 18.0. The highest BCUT2D eigenvalue weighted by Gasteiger charge is 2.21. The van der Waals surface area contributed by atoms with E-state index in [9.17, 15) is 9.59 Å². The van der Waals surface area contributed by atoms with Crippen molar-refractivity contribution in [3.05, 3.63) is 70.2 Å². The number of amides is 1. The van der Waals surface area contributed by atoms with Crippen molar-refractivity contribution >= 4 is 17.0 Å². The fraction of sp³-hybridized carbons (Fsp3) is 0.417. The molecule has 2 aromatic carbocycles. The standard InChI is InChI=1S/C24H29N3O4/c1-17-14-26(15-18(2)30-17)16-20-9-7-19(8-10-20)13-25-23(28)11-12-27-21-5-3-4-6-22(21)31-24(27)29/h3-10,17-18H,11-16H2,1-2H3,(H,25,28). The van der Waals surface area contributed by atoms with Crippen molar-refractivity contribution < 1.29 is 13.9 Å². The molecular formula is C24H29N3O4. The van der Waals surface area contributed by atoms with Gasteiger partial charge in [-0.05, 0) is 37.1 Å². The number of benzene rings is 2. The molecule has 1 aliphatic heterocycles. The number of carbonyl (C=O) groups is 1. The molecule has 7 nitrogen and oxygen atoms in total. The van der Waals surface area contributed by atoms with Crippen LogP contribution in [0, 0.1) is 0 Å². The molecule has 31 heavy (non-hydrogen) atoms. The van der Waals surface area contributed by atoms with Crippen LogP contribution in [-0.2, 0) is 29.2 Å². The van der Waals surface area contributed by atoms with Gasteiger partial charge in [0.2, 0.25) is 5.91 Å². The van der Waals surface area contributed by atoms with Crippen molar-refractivity contribution in [2.75, 3.05) is 13.1 Å². The number of hydrogen-bond acceptors (Lipinski definition) is 5. The van der Waals surface area contributed by atoms with E-state index in [4.69, 9.17) is 9.15 Å². The van der Waals surface area contributed by atoms with Crippen LogP contribution in [0.15, 0.2) is 57.7 Å². The summed E-state index contributed by atoms with van der Waals surface area (Å²) in [5, 5.41) is 2.93. The summed E-state index contributed by atoms with van der Waals surface area (Å²) in [5.41, 5.74) is 3.54. The molecule has 2 unspecified atom stereocenters. The first kappa shape index (κ1) is 21.3. The van der Waals surface area contributed by atoms with Gasteiger partial charge in [-0.15, -0.1) is 0 Å². The fourth-order valence-electron chi connectivity index (χ4n) is 4.16. The molecule has 1 aliphatic rings. The Kier molecular flexibility index (Phi) is 6.53. The molecule has 1 amide bonds. The van der Waals surface area contributed by atoms with Crippen LogP contribution >= 0.6 is 0 Å². The Morgan fingerprint density at radius 1 is 1.03 bits per heavy atom. The summed E-state index contributed by atoms with van der Waals surface area (Å²) in [5.74, 6) is -0.536. The molecule has 7 heteroatoms. The van der Waals surface area contributed by atoms with Crippen LogP contribution in [0.25, 0.3) is 11.1 Å². The minimum absolute atomic E-state index is 0.0995. The highest BCUT2D eigenvalue weighted by Crippen LogP contribution is 2.15. The monoisotopic (exact) mass is 423 g/mol. The molecule has 1 aromatic heterocycles. The van der Waals surface area contributed by atoms with Crippen LogP contribution in [0.5, 0.6) is 0 Å². The lowest BCUT2D eigenvalue weighted by molar-refractivity contribution is -0.121. The van der Waals surface area contributed by atoms with E-state index in [2.05, 4.69) is 48.3 Å².